The molecular formula is C19H26BNO3. The van der Waals surface area contributed by atoms with Gasteiger partial charge in [0.05, 0.1) is 17.2 Å². The minimum Gasteiger partial charge on any atom is -0.413 e. The van der Waals surface area contributed by atoms with Crippen LogP contribution in [0.5, 0.6) is 0 Å². The molecule has 5 heteroatoms. The van der Waals surface area contributed by atoms with Crippen molar-refractivity contribution < 1.29 is 14.1 Å². The second-order valence-electron chi connectivity index (χ2n) is 8.23. The molecule has 128 valence electrons. The molecule has 0 aromatic heterocycles. The number of hydrogen-bond acceptors (Lipinski definition) is 4. The summed E-state index contributed by atoms with van der Waals surface area (Å²) in [7, 11) is -0.308. The van der Waals surface area contributed by atoms with Crippen LogP contribution in [0.25, 0.3) is 0 Å². The molecule has 1 aromatic rings. The number of benzene rings is 1. The lowest BCUT2D eigenvalue weighted by molar-refractivity contribution is 0.00578. The quantitative estimate of drug-likeness (QED) is 0.862. The van der Waals surface area contributed by atoms with Crippen LogP contribution in [0.4, 0.5) is 0 Å². The van der Waals surface area contributed by atoms with E-state index in [9.17, 15) is 0 Å². The molecule has 1 atom stereocenters. The molecule has 2 fully saturated rings. The topological polar surface area (TPSA) is 39.7 Å². The molecule has 1 N–H and O–H groups in total. The van der Waals surface area contributed by atoms with Crippen LogP contribution < -0.4 is 10.9 Å². The predicted molar refractivity (Wildman–Crippen MR) is 94.5 cm³/mol. The molecule has 1 saturated heterocycles. The standard InChI is InChI=1S/C19H26BNO3/c1-18(2)19(3,4)24-20(23-18)15-9-7-14(8-10-15)17-12-16(22-21-17)11-13-5-6-13/h7-10,12-13,17,21H,5-6,11H2,1-4H3. The van der Waals surface area contributed by atoms with E-state index in [2.05, 4.69) is 63.5 Å². The number of nitrogens with one attached hydrogen (secondary N) is 1. The number of hydrogen-bond donors (Lipinski definition) is 1. The van der Waals surface area contributed by atoms with Crippen LogP contribution in [0.2, 0.25) is 0 Å². The highest BCUT2D eigenvalue weighted by Crippen LogP contribution is 2.38. The first-order chi connectivity index (χ1) is 11.3. The van der Waals surface area contributed by atoms with Gasteiger partial charge in [-0.25, -0.2) is 0 Å². The fourth-order valence-electron chi connectivity index (χ4n) is 3.11. The Balaban J connectivity index is 1.45. The maximum absolute atomic E-state index is 6.11. The van der Waals surface area contributed by atoms with Crippen LogP contribution in [0.15, 0.2) is 36.1 Å². The zero-order valence-corrected chi connectivity index (χ0v) is 15.0. The Morgan fingerprint density at radius 3 is 2.25 bits per heavy atom. The lowest BCUT2D eigenvalue weighted by Gasteiger charge is -2.32. The van der Waals surface area contributed by atoms with Crippen LogP contribution in [-0.4, -0.2) is 18.3 Å². The molecule has 3 aliphatic rings. The van der Waals surface area contributed by atoms with Crippen LogP contribution in [0.3, 0.4) is 0 Å². The summed E-state index contributed by atoms with van der Waals surface area (Å²) in [6.07, 6.45) is 5.94. The van der Waals surface area contributed by atoms with Crippen molar-refractivity contribution in [3.63, 3.8) is 0 Å². The molecule has 1 saturated carbocycles. The van der Waals surface area contributed by atoms with Crippen LogP contribution in [0, 0.1) is 5.92 Å². The molecule has 0 bridgehead atoms. The Bertz CT molecular complexity index is 633. The van der Waals surface area contributed by atoms with E-state index < -0.39 is 0 Å². The van der Waals surface area contributed by atoms with Gasteiger partial charge in [0.1, 0.15) is 5.76 Å². The summed E-state index contributed by atoms with van der Waals surface area (Å²) in [5, 5.41) is 0. The summed E-state index contributed by atoms with van der Waals surface area (Å²) in [6, 6.07) is 8.55. The second-order valence-corrected chi connectivity index (χ2v) is 8.23. The number of rotatable bonds is 4. The van der Waals surface area contributed by atoms with Crippen LogP contribution >= 0.6 is 0 Å². The van der Waals surface area contributed by atoms with E-state index in [1.54, 1.807) is 0 Å². The van der Waals surface area contributed by atoms with E-state index in [-0.39, 0.29) is 24.4 Å². The van der Waals surface area contributed by atoms with Crippen molar-refractivity contribution in [2.24, 2.45) is 5.92 Å². The molecule has 0 radical (unpaired) electrons. The minimum atomic E-state index is -0.308. The third-order valence-electron chi connectivity index (χ3n) is 5.68. The third kappa shape index (κ3) is 3.01. The lowest BCUT2D eigenvalue weighted by Crippen LogP contribution is -2.41. The molecule has 24 heavy (non-hydrogen) atoms. The minimum absolute atomic E-state index is 0.131. The fourth-order valence-corrected chi connectivity index (χ4v) is 3.11. The Kier molecular flexibility index (Phi) is 3.79. The summed E-state index contributed by atoms with van der Waals surface area (Å²) < 4.78 is 12.2. The van der Waals surface area contributed by atoms with E-state index >= 15 is 0 Å². The van der Waals surface area contributed by atoms with E-state index in [0.29, 0.717) is 0 Å². The summed E-state index contributed by atoms with van der Waals surface area (Å²) in [5.41, 5.74) is 4.75. The highest BCUT2D eigenvalue weighted by Gasteiger charge is 2.51. The molecule has 0 amide bonds. The van der Waals surface area contributed by atoms with Gasteiger partial charge in [0.15, 0.2) is 0 Å². The molecule has 0 spiro atoms. The smallest absolute Gasteiger partial charge is 0.413 e. The average Bonchev–Trinajstić information content (AvgIpc) is 3.15. The largest absolute Gasteiger partial charge is 0.494 e. The summed E-state index contributed by atoms with van der Waals surface area (Å²) in [5.74, 6) is 1.92. The maximum atomic E-state index is 6.11. The molecule has 1 aromatic carbocycles. The van der Waals surface area contributed by atoms with Crippen LogP contribution in [-0.2, 0) is 14.1 Å². The van der Waals surface area contributed by atoms with E-state index in [1.807, 2.05) is 0 Å². The second kappa shape index (κ2) is 5.62. The van der Waals surface area contributed by atoms with Gasteiger partial charge >= 0.3 is 7.12 Å². The van der Waals surface area contributed by atoms with E-state index in [1.165, 1.54) is 18.4 Å². The van der Waals surface area contributed by atoms with E-state index in [4.69, 9.17) is 14.1 Å². The monoisotopic (exact) mass is 327 g/mol. The molecule has 1 aliphatic carbocycles. The SMILES string of the molecule is CC1(C)OB(c2ccc(C3C=C(CC4CC4)ON3)cc2)OC1(C)C. The van der Waals surface area contributed by atoms with Gasteiger partial charge in [0.25, 0.3) is 0 Å². The van der Waals surface area contributed by atoms with Gasteiger partial charge in [0, 0.05) is 6.42 Å². The normalized spacial score (nSPS) is 27.9. The first kappa shape index (κ1) is 16.2. The number of hydroxylamine groups is 1. The van der Waals surface area contributed by atoms with Crippen LogP contribution in [0.1, 0.15) is 58.6 Å². The summed E-state index contributed by atoms with van der Waals surface area (Å²) >= 11 is 0. The number of allylic oxidation sites excluding steroid dienone is 1. The highest BCUT2D eigenvalue weighted by molar-refractivity contribution is 6.62. The van der Waals surface area contributed by atoms with Gasteiger partial charge in [0.2, 0.25) is 0 Å². The van der Waals surface area contributed by atoms with Crippen molar-refractivity contribution >= 4 is 12.6 Å². The predicted octanol–water partition coefficient (Wildman–Crippen LogP) is 3.25. The van der Waals surface area contributed by atoms with Crippen molar-refractivity contribution in [1.29, 1.82) is 0 Å². The first-order valence-electron chi connectivity index (χ1n) is 8.93. The van der Waals surface area contributed by atoms with Crippen molar-refractivity contribution in [3.05, 3.63) is 41.7 Å². The average molecular weight is 327 g/mol. The van der Waals surface area contributed by atoms with Gasteiger partial charge in [-0.15, -0.1) is 5.48 Å². The van der Waals surface area contributed by atoms with Gasteiger partial charge in [-0.05, 0) is 63.6 Å². The zero-order chi connectivity index (χ0) is 16.9. The van der Waals surface area contributed by atoms with Crippen molar-refractivity contribution in [3.8, 4) is 0 Å². The molecular weight excluding hydrogens is 301 g/mol. The molecule has 2 heterocycles. The fraction of sp³-hybridized carbons (Fsp3) is 0.579. The first-order valence-corrected chi connectivity index (χ1v) is 8.93. The van der Waals surface area contributed by atoms with Gasteiger partial charge in [-0.2, -0.15) is 0 Å². The molecule has 1 unspecified atom stereocenters. The van der Waals surface area contributed by atoms with Crippen molar-refractivity contribution in [1.82, 2.24) is 5.48 Å². The van der Waals surface area contributed by atoms with Gasteiger partial charge in [-0.3, -0.25) is 0 Å². The Morgan fingerprint density at radius 1 is 1.04 bits per heavy atom. The Labute approximate surface area is 144 Å². The lowest BCUT2D eigenvalue weighted by atomic mass is 9.78. The maximum Gasteiger partial charge on any atom is 0.494 e. The van der Waals surface area contributed by atoms with Crippen molar-refractivity contribution in [2.45, 2.75) is 64.2 Å². The van der Waals surface area contributed by atoms with Gasteiger partial charge in [-0.1, -0.05) is 24.3 Å². The summed E-state index contributed by atoms with van der Waals surface area (Å²) in [4.78, 5) is 5.62. The molecule has 4 rings (SSSR count). The highest BCUT2D eigenvalue weighted by atomic mass is 16.7. The van der Waals surface area contributed by atoms with Gasteiger partial charge < -0.3 is 14.1 Å². The Hall–Kier alpha value is -1.30. The Morgan fingerprint density at radius 2 is 1.67 bits per heavy atom. The molecule has 2 aliphatic heterocycles. The molecule has 4 nitrogen and oxygen atoms in total. The van der Waals surface area contributed by atoms with E-state index in [0.717, 1.165) is 23.6 Å². The third-order valence-corrected chi connectivity index (χ3v) is 5.68. The zero-order valence-electron chi connectivity index (χ0n) is 15.0. The summed E-state index contributed by atoms with van der Waals surface area (Å²) in [6.45, 7) is 8.31. The van der Waals surface area contributed by atoms with Crippen molar-refractivity contribution in [2.75, 3.05) is 0 Å².